The lowest BCUT2D eigenvalue weighted by molar-refractivity contribution is 0.0707. The molecule has 6 nitrogen and oxygen atoms in total. The highest BCUT2D eigenvalue weighted by Gasteiger charge is 2.37. The van der Waals surface area contributed by atoms with Crippen LogP contribution in [0.2, 0.25) is 5.02 Å². The minimum atomic E-state index is -0.230. The monoisotopic (exact) mass is 409 g/mol. The number of nitrogens with zero attached hydrogens (tertiary/aromatic N) is 3. The van der Waals surface area contributed by atoms with Crippen LogP contribution in [0.4, 0.5) is 0 Å². The van der Waals surface area contributed by atoms with Crippen molar-refractivity contribution in [2.45, 2.75) is 19.0 Å². The molecule has 0 saturated heterocycles. The molecule has 3 aromatic rings. The van der Waals surface area contributed by atoms with Gasteiger partial charge in [0.1, 0.15) is 0 Å². The molecule has 0 spiro atoms. The normalized spacial score (nSPS) is 15.5. The average molecular weight is 410 g/mol. The molecule has 1 aliphatic rings. The molecule has 1 atom stereocenters. The minimum absolute atomic E-state index is 0.0431. The number of pyridine rings is 2. The van der Waals surface area contributed by atoms with Crippen LogP contribution in [0.1, 0.15) is 33.2 Å². The van der Waals surface area contributed by atoms with Crippen molar-refractivity contribution >= 4 is 17.5 Å². The largest absolute Gasteiger partial charge is 0.481 e. The lowest BCUT2D eigenvalue weighted by atomic mass is 10.00. The zero-order valence-corrected chi connectivity index (χ0v) is 16.9. The summed E-state index contributed by atoms with van der Waals surface area (Å²) in [7, 11) is 3.26. The van der Waals surface area contributed by atoms with E-state index in [-0.39, 0.29) is 17.5 Å². The van der Waals surface area contributed by atoms with E-state index < -0.39 is 0 Å². The van der Waals surface area contributed by atoms with Gasteiger partial charge in [-0.15, -0.1) is 0 Å². The van der Waals surface area contributed by atoms with Gasteiger partial charge in [0.15, 0.2) is 0 Å². The SMILES string of the molecule is COc1ccc(CN2C(=O)c3ccccc3C2Cc2c(Cl)ccc(=O)n2C)cn1. The molecule has 0 aliphatic carbocycles. The van der Waals surface area contributed by atoms with Crippen LogP contribution in [-0.2, 0) is 20.0 Å². The second-order valence-electron chi connectivity index (χ2n) is 6.97. The Labute approximate surface area is 173 Å². The first kappa shape index (κ1) is 19.2. The number of halogens is 1. The molecule has 0 radical (unpaired) electrons. The highest BCUT2D eigenvalue weighted by Crippen LogP contribution is 2.37. The van der Waals surface area contributed by atoms with Crippen LogP contribution in [0.3, 0.4) is 0 Å². The van der Waals surface area contributed by atoms with Crippen molar-refractivity contribution in [1.29, 1.82) is 0 Å². The maximum Gasteiger partial charge on any atom is 0.255 e. The van der Waals surface area contributed by atoms with Gasteiger partial charge >= 0.3 is 0 Å². The summed E-state index contributed by atoms with van der Waals surface area (Å²) in [5, 5.41) is 0.509. The van der Waals surface area contributed by atoms with E-state index >= 15 is 0 Å². The summed E-state index contributed by atoms with van der Waals surface area (Å²) < 4.78 is 6.65. The smallest absolute Gasteiger partial charge is 0.255 e. The van der Waals surface area contributed by atoms with E-state index in [1.54, 1.807) is 37.1 Å². The second-order valence-corrected chi connectivity index (χ2v) is 7.38. The molecule has 2 aromatic heterocycles. The lowest BCUT2D eigenvalue weighted by Crippen LogP contribution is -2.30. The number of methoxy groups -OCH3 is 1. The Hall–Kier alpha value is -3.12. The van der Waals surface area contributed by atoms with Gasteiger partial charge in [-0.05, 0) is 23.3 Å². The fourth-order valence-corrected chi connectivity index (χ4v) is 4.00. The van der Waals surface area contributed by atoms with Crippen molar-refractivity contribution in [1.82, 2.24) is 14.5 Å². The van der Waals surface area contributed by atoms with Gasteiger partial charge in [-0.25, -0.2) is 4.98 Å². The molecule has 1 aliphatic heterocycles. The van der Waals surface area contributed by atoms with Gasteiger partial charge in [0, 0.05) is 49.6 Å². The average Bonchev–Trinajstić information content (AvgIpc) is 3.00. The fraction of sp³-hybridized carbons (Fsp3) is 0.227. The number of benzene rings is 1. The van der Waals surface area contributed by atoms with E-state index in [4.69, 9.17) is 16.3 Å². The lowest BCUT2D eigenvalue weighted by Gasteiger charge is -2.26. The Morgan fingerprint density at radius 3 is 2.62 bits per heavy atom. The fourth-order valence-electron chi connectivity index (χ4n) is 3.73. The molecule has 3 heterocycles. The number of rotatable bonds is 5. The minimum Gasteiger partial charge on any atom is -0.481 e. The zero-order chi connectivity index (χ0) is 20.5. The number of ether oxygens (including phenoxy) is 1. The summed E-state index contributed by atoms with van der Waals surface area (Å²) in [6, 6.07) is 14.1. The van der Waals surface area contributed by atoms with Gasteiger partial charge in [-0.1, -0.05) is 35.9 Å². The van der Waals surface area contributed by atoms with Crippen molar-refractivity contribution in [3.63, 3.8) is 0 Å². The molecule has 4 rings (SSSR count). The topological polar surface area (TPSA) is 64.4 Å². The summed E-state index contributed by atoms with van der Waals surface area (Å²) in [5.74, 6) is 0.478. The number of amides is 1. The molecule has 7 heteroatoms. The van der Waals surface area contributed by atoms with Gasteiger partial charge in [-0.3, -0.25) is 9.59 Å². The first-order valence-electron chi connectivity index (χ1n) is 9.23. The van der Waals surface area contributed by atoms with Crippen LogP contribution >= 0.6 is 11.6 Å². The van der Waals surface area contributed by atoms with Crippen LogP contribution in [0.25, 0.3) is 0 Å². The Balaban J connectivity index is 1.72. The van der Waals surface area contributed by atoms with Crippen LogP contribution < -0.4 is 10.3 Å². The second kappa shape index (κ2) is 7.72. The Morgan fingerprint density at radius 1 is 1.10 bits per heavy atom. The highest BCUT2D eigenvalue weighted by molar-refractivity contribution is 6.31. The summed E-state index contributed by atoms with van der Waals surface area (Å²) in [4.78, 5) is 31.3. The third-order valence-corrected chi connectivity index (χ3v) is 5.66. The van der Waals surface area contributed by atoms with Gasteiger partial charge in [0.05, 0.1) is 18.2 Å². The summed E-state index contributed by atoms with van der Waals surface area (Å²) >= 11 is 6.40. The molecule has 1 aromatic carbocycles. The number of hydrogen-bond acceptors (Lipinski definition) is 4. The van der Waals surface area contributed by atoms with Crippen LogP contribution in [0.15, 0.2) is 59.5 Å². The maximum atomic E-state index is 13.1. The van der Waals surface area contributed by atoms with E-state index in [1.165, 1.54) is 6.07 Å². The molecule has 0 bridgehead atoms. The van der Waals surface area contributed by atoms with Crippen molar-refractivity contribution < 1.29 is 9.53 Å². The molecule has 0 N–H and O–H groups in total. The molecule has 29 heavy (non-hydrogen) atoms. The first-order chi connectivity index (χ1) is 14.0. The van der Waals surface area contributed by atoms with Gasteiger partial charge in [0.2, 0.25) is 5.88 Å². The van der Waals surface area contributed by atoms with E-state index in [2.05, 4.69) is 4.98 Å². The molecule has 0 saturated carbocycles. The van der Waals surface area contributed by atoms with Crippen molar-refractivity contribution in [2.24, 2.45) is 7.05 Å². The maximum absolute atomic E-state index is 13.1. The predicted molar refractivity (Wildman–Crippen MR) is 110 cm³/mol. The Morgan fingerprint density at radius 2 is 1.90 bits per heavy atom. The number of carbonyl (C=O) groups excluding carboxylic acids is 1. The highest BCUT2D eigenvalue weighted by atomic mass is 35.5. The van der Waals surface area contributed by atoms with E-state index in [9.17, 15) is 9.59 Å². The van der Waals surface area contributed by atoms with Gasteiger partial charge in [-0.2, -0.15) is 0 Å². The zero-order valence-electron chi connectivity index (χ0n) is 16.1. The van der Waals surface area contributed by atoms with Gasteiger partial charge < -0.3 is 14.2 Å². The van der Waals surface area contributed by atoms with Crippen molar-refractivity contribution in [2.75, 3.05) is 7.11 Å². The molecular weight excluding hydrogens is 390 g/mol. The van der Waals surface area contributed by atoms with Crippen LogP contribution in [-0.4, -0.2) is 27.5 Å². The summed E-state index contributed by atoms with van der Waals surface area (Å²) in [6.07, 6.45) is 2.15. The van der Waals surface area contributed by atoms with E-state index in [0.717, 1.165) is 11.1 Å². The Kier molecular flexibility index (Phi) is 5.11. The van der Waals surface area contributed by atoms with E-state index in [1.807, 2.05) is 35.2 Å². The van der Waals surface area contributed by atoms with Crippen LogP contribution in [0, 0.1) is 0 Å². The molecule has 1 amide bonds. The van der Waals surface area contributed by atoms with Crippen molar-refractivity contribution in [3.05, 3.63) is 92.5 Å². The number of hydrogen-bond donors (Lipinski definition) is 0. The number of carbonyl (C=O) groups is 1. The molecule has 1 unspecified atom stereocenters. The third-order valence-electron chi connectivity index (χ3n) is 5.32. The number of aromatic nitrogens is 2. The molecule has 0 fully saturated rings. The molecule has 148 valence electrons. The summed E-state index contributed by atoms with van der Waals surface area (Å²) in [5.41, 5.74) is 3.08. The summed E-state index contributed by atoms with van der Waals surface area (Å²) in [6.45, 7) is 0.396. The van der Waals surface area contributed by atoms with E-state index in [0.29, 0.717) is 35.1 Å². The quantitative estimate of drug-likeness (QED) is 0.648. The van der Waals surface area contributed by atoms with Crippen molar-refractivity contribution in [3.8, 4) is 5.88 Å². The molecular formula is C22H20ClN3O3. The van der Waals surface area contributed by atoms with Crippen LogP contribution in [0.5, 0.6) is 5.88 Å². The number of fused-ring (bicyclic) bond motifs is 1. The standard InChI is InChI=1S/C22H20ClN3O3/c1-25-19(17(23)8-10-21(25)27)11-18-15-5-3-4-6-16(15)22(28)26(18)13-14-7-9-20(29-2)24-12-14/h3-10,12,18H,11,13H2,1-2H3. The van der Waals surface area contributed by atoms with Gasteiger partial charge in [0.25, 0.3) is 11.5 Å². The Bertz CT molecular complexity index is 1120. The predicted octanol–water partition coefficient (Wildman–Crippen LogP) is 3.38. The first-order valence-corrected chi connectivity index (χ1v) is 9.60. The third kappa shape index (κ3) is 3.51.